The van der Waals surface area contributed by atoms with E-state index in [4.69, 9.17) is 5.21 Å². The predicted molar refractivity (Wildman–Crippen MR) is 89.8 cm³/mol. The summed E-state index contributed by atoms with van der Waals surface area (Å²) in [6.45, 7) is 0.813. The van der Waals surface area contributed by atoms with Gasteiger partial charge in [-0.1, -0.05) is 19.1 Å². The molecular weight excluding hydrogens is 423 g/mol. The second-order valence-corrected chi connectivity index (χ2v) is 7.75. The van der Waals surface area contributed by atoms with E-state index in [1.807, 2.05) is 0 Å². The summed E-state index contributed by atoms with van der Waals surface area (Å²) in [7, 11) is -5.10. The largest absolute Gasteiger partial charge is 0.288 e. The average Bonchev–Trinajstić information content (AvgIpc) is 2.70. The Labute approximate surface area is 162 Å². The van der Waals surface area contributed by atoms with Gasteiger partial charge < -0.3 is 0 Å². The summed E-state index contributed by atoms with van der Waals surface area (Å²) >= 11 is 0. The third-order valence-electron chi connectivity index (χ3n) is 3.92. The van der Waals surface area contributed by atoms with E-state index < -0.39 is 56.5 Å². The number of halogens is 5. The van der Waals surface area contributed by atoms with E-state index in [-0.39, 0.29) is 24.1 Å². The monoisotopic (exact) mass is 438 g/mol. The second kappa shape index (κ2) is 8.84. The Hall–Kier alpha value is -2.57. The zero-order valence-electron chi connectivity index (χ0n) is 14.8. The molecular formula is C17H15F5N2O4S. The summed E-state index contributed by atoms with van der Waals surface area (Å²) in [5, 5.41) is 8.58. The molecule has 0 bridgehead atoms. The van der Waals surface area contributed by atoms with Crippen molar-refractivity contribution in [2.45, 2.75) is 24.8 Å². The van der Waals surface area contributed by atoms with Crippen LogP contribution in [0, 0.1) is 29.1 Å². The molecule has 0 aliphatic heterocycles. The average molecular weight is 438 g/mol. The lowest BCUT2D eigenvalue weighted by Crippen LogP contribution is -2.33. The number of hydrogen-bond donors (Lipinski definition) is 2. The molecule has 0 atom stereocenters. The van der Waals surface area contributed by atoms with Crippen LogP contribution in [0.25, 0.3) is 0 Å². The van der Waals surface area contributed by atoms with Gasteiger partial charge in [0, 0.05) is 18.7 Å². The van der Waals surface area contributed by atoms with Crippen LogP contribution in [0.1, 0.15) is 29.3 Å². The fourth-order valence-electron chi connectivity index (χ4n) is 2.50. The molecule has 1 amide bonds. The fourth-order valence-corrected chi connectivity index (χ4v) is 4.14. The number of nitrogens with zero attached hydrogens (tertiary/aromatic N) is 1. The molecule has 2 N–H and O–H groups in total. The molecule has 2 aromatic carbocycles. The van der Waals surface area contributed by atoms with Gasteiger partial charge in [-0.2, -0.15) is 4.31 Å². The number of amides is 1. The number of sulfonamides is 1. The van der Waals surface area contributed by atoms with Crippen molar-refractivity contribution in [3.63, 3.8) is 0 Å². The minimum Gasteiger partial charge on any atom is -0.288 e. The molecule has 0 unspecified atom stereocenters. The molecule has 0 aliphatic carbocycles. The topological polar surface area (TPSA) is 86.7 Å². The number of rotatable bonds is 7. The third-order valence-corrected chi connectivity index (χ3v) is 5.78. The molecule has 2 aromatic rings. The lowest BCUT2D eigenvalue weighted by molar-refractivity contribution is 0.0706. The SMILES string of the molecule is CCCN(Cc1ccc(C(=O)NO)cc1)S(=O)(=O)c1c(F)c(F)c(F)c(F)c1F. The van der Waals surface area contributed by atoms with Crippen molar-refractivity contribution in [1.29, 1.82) is 0 Å². The Kier molecular flexibility index (Phi) is 6.93. The quantitative estimate of drug-likeness (QED) is 0.229. The molecule has 29 heavy (non-hydrogen) atoms. The number of hydrogen-bond acceptors (Lipinski definition) is 4. The first-order valence-electron chi connectivity index (χ1n) is 8.11. The van der Waals surface area contributed by atoms with E-state index >= 15 is 0 Å². The molecule has 2 rings (SSSR count). The molecule has 0 aromatic heterocycles. The van der Waals surface area contributed by atoms with Crippen molar-refractivity contribution in [3.8, 4) is 0 Å². The Morgan fingerprint density at radius 3 is 1.90 bits per heavy atom. The van der Waals surface area contributed by atoms with Gasteiger partial charge in [0.2, 0.25) is 15.8 Å². The van der Waals surface area contributed by atoms with Crippen LogP contribution >= 0.6 is 0 Å². The Balaban J connectivity index is 2.49. The van der Waals surface area contributed by atoms with Gasteiger partial charge in [0.1, 0.15) is 0 Å². The first-order chi connectivity index (χ1) is 13.6. The number of carbonyl (C=O) groups excluding carboxylic acids is 1. The predicted octanol–water partition coefficient (Wildman–Crippen LogP) is 3.10. The van der Waals surface area contributed by atoms with Crippen LogP contribution in [0.5, 0.6) is 0 Å². The maximum Gasteiger partial charge on any atom is 0.274 e. The summed E-state index contributed by atoms with van der Waals surface area (Å²) in [4.78, 5) is 9.38. The van der Waals surface area contributed by atoms with Crippen LogP contribution in [-0.2, 0) is 16.6 Å². The van der Waals surface area contributed by atoms with Gasteiger partial charge in [0.05, 0.1) is 0 Å². The maximum absolute atomic E-state index is 14.0. The van der Waals surface area contributed by atoms with Crippen molar-refractivity contribution in [2.24, 2.45) is 0 Å². The lowest BCUT2D eigenvalue weighted by Gasteiger charge is -2.22. The van der Waals surface area contributed by atoms with Crippen molar-refractivity contribution in [3.05, 3.63) is 64.5 Å². The molecule has 0 saturated heterocycles. The van der Waals surface area contributed by atoms with Gasteiger partial charge in [0.25, 0.3) is 5.91 Å². The van der Waals surface area contributed by atoms with Crippen molar-refractivity contribution < 1.29 is 40.4 Å². The van der Waals surface area contributed by atoms with Crippen molar-refractivity contribution >= 4 is 15.9 Å². The summed E-state index contributed by atoms with van der Waals surface area (Å²) in [5.41, 5.74) is 1.71. The van der Waals surface area contributed by atoms with Crippen LogP contribution in [0.2, 0.25) is 0 Å². The highest BCUT2D eigenvalue weighted by Crippen LogP contribution is 2.29. The molecule has 0 radical (unpaired) electrons. The molecule has 6 nitrogen and oxygen atoms in total. The molecule has 0 aliphatic rings. The molecule has 158 valence electrons. The fraction of sp³-hybridized carbons (Fsp3) is 0.235. The highest BCUT2D eigenvalue weighted by Gasteiger charge is 2.36. The van der Waals surface area contributed by atoms with E-state index in [0.717, 1.165) is 0 Å². The molecule has 12 heteroatoms. The number of carbonyl (C=O) groups is 1. The van der Waals surface area contributed by atoms with E-state index in [2.05, 4.69) is 0 Å². The van der Waals surface area contributed by atoms with Gasteiger partial charge in [-0.15, -0.1) is 0 Å². The Morgan fingerprint density at radius 2 is 1.45 bits per heavy atom. The first kappa shape index (κ1) is 22.7. The van der Waals surface area contributed by atoms with Crippen LogP contribution in [0.3, 0.4) is 0 Å². The van der Waals surface area contributed by atoms with Crippen LogP contribution < -0.4 is 5.48 Å². The molecule has 0 spiro atoms. The normalized spacial score (nSPS) is 11.7. The zero-order valence-corrected chi connectivity index (χ0v) is 15.7. The lowest BCUT2D eigenvalue weighted by atomic mass is 10.1. The van der Waals surface area contributed by atoms with Crippen molar-refractivity contribution in [1.82, 2.24) is 9.79 Å². The summed E-state index contributed by atoms with van der Waals surface area (Å²) in [6.07, 6.45) is 0.180. The van der Waals surface area contributed by atoms with Gasteiger partial charge in [-0.3, -0.25) is 10.0 Å². The van der Waals surface area contributed by atoms with E-state index in [0.29, 0.717) is 4.31 Å². The molecule has 0 saturated carbocycles. The Bertz CT molecular complexity index is 1000. The summed E-state index contributed by atoms with van der Waals surface area (Å²) in [6, 6.07) is 5.11. The maximum atomic E-state index is 14.0. The van der Waals surface area contributed by atoms with E-state index in [1.54, 1.807) is 6.92 Å². The first-order valence-corrected chi connectivity index (χ1v) is 9.55. The van der Waals surface area contributed by atoms with Gasteiger partial charge in [-0.25, -0.2) is 35.8 Å². The highest BCUT2D eigenvalue weighted by molar-refractivity contribution is 7.89. The second-order valence-electron chi connectivity index (χ2n) is 5.88. The summed E-state index contributed by atoms with van der Waals surface area (Å²) in [5.74, 6) is -12.9. The minimum atomic E-state index is -5.10. The van der Waals surface area contributed by atoms with Crippen LogP contribution in [0.4, 0.5) is 22.0 Å². The summed E-state index contributed by atoms with van der Waals surface area (Å²) < 4.78 is 94.2. The third kappa shape index (κ3) is 4.38. The minimum absolute atomic E-state index is 0.0425. The molecule has 0 heterocycles. The van der Waals surface area contributed by atoms with Crippen LogP contribution in [-0.4, -0.2) is 30.4 Å². The van der Waals surface area contributed by atoms with E-state index in [1.165, 1.54) is 29.7 Å². The zero-order chi connectivity index (χ0) is 21.9. The number of hydroxylamine groups is 1. The Morgan fingerprint density at radius 1 is 0.966 bits per heavy atom. The number of benzene rings is 2. The van der Waals surface area contributed by atoms with Gasteiger partial charge in [0.15, 0.2) is 28.2 Å². The van der Waals surface area contributed by atoms with Gasteiger partial charge in [-0.05, 0) is 24.1 Å². The smallest absolute Gasteiger partial charge is 0.274 e. The van der Waals surface area contributed by atoms with E-state index in [9.17, 15) is 35.2 Å². The number of nitrogens with one attached hydrogen (secondary N) is 1. The van der Waals surface area contributed by atoms with Crippen molar-refractivity contribution in [2.75, 3.05) is 6.54 Å². The van der Waals surface area contributed by atoms with Gasteiger partial charge >= 0.3 is 0 Å². The molecule has 0 fully saturated rings. The highest BCUT2D eigenvalue weighted by atomic mass is 32.2. The van der Waals surface area contributed by atoms with Crippen LogP contribution in [0.15, 0.2) is 29.2 Å². The standard InChI is InChI=1S/C17H15F5N2O4S/c1-2-7-24(8-9-3-5-10(6-4-9)17(25)23-26)29(27,28)16-14(21)12(19)11(18)13(20)15(16)22/h3-6,26H,2,7-8H2,1H3,(H,23,25).